The van der Waals surface area contributed by atoms with Crippen LogP contribution in [-0.2, 0) is 0 Å². The summed E-state index contributed by atoms with van der Waals surface area (Å²) in [5, 5.41) is 3.58. The summed E-state index contributed by atoms with van der Waals surface area (Å²) < 4.78 is 0. The van der Waals surface area contributed by atoms with Gasteiger partial charge in [-0.2, -0.15) is 0 Å². The number of hydrogen-bond donors (Lipinski definition) is 2. The Morgan fingerprint density at radius 3 is 2.27 bits per heavy atom. The van der Waals surface area contributed by atoms with Crippen molar-refractivity contribution in [3.63, 3.8) is 0 Å². The first kappa shape index (κ1) is 14.9. The van der Waals surface area contributed by atoms with Crippen molar-refractivity contribution in [1.82, 2.24) is 5.32 Å². The largest absolute Gasteiger partial charge is 0.329 e. The minimum atomic E-state index is 0.529. The average molecular weight is 214 g/mol. The van der Waals surface area contributed by atoms with Crippen molar-refractivity contribution in [2.24, 2.45) is 5.73 Å². The zero-order valence-electron chi connectivity index (χ0n) is 10.9. The van der Waals surface area contributed by atoms with Crippen molar-refractivity contribution < 1.29 is 0 Å². The highest BCUT2D eigenvalue weighted by atomic mass is 15.0. The molecule has 2 atom stereocenters. The van der Waals surface area contributed by atoms with Gasteiger partial charge in [-0.3, -0.25) is 0 Å². The van der Waals surface area contributed by atoms with Crippen LogP contribution in [0.3, 0.4) is 0 Å². The van der Waals surface area contributed by atoms with E-state index in [0.29, 0.717) is 12.1 Å². The highest BCUT2D eigenvalue weighted by Gasteiger charge is 2.08. The Kier molecular flexibility index (Phi) is 10.4. The molecule has 0 aromatic rings. The summed E-state index contributed by atoms with van der Waals surface area (Å²) in [6.45, 7) is 7.48. The van der Waals surface area contributed by atoms with Crippen molar-refractivity contribution in [1.29, 1.82) is 0 Å². The van der Waals surface area contributed by atoms with E-state index >= 15 is 0 Å². The molecule has 0 fully saturated rings. The van der Waals surface area contributed by atoms with Crippen LogP contribution < -0.4 is 11.1 Å². The fourth-order valence-electron chi connectivity index (χ4n) is 1.78. The van der Waals surface area contributed by atoms with E-state index in [4.69, 9.17) is 5.73 Å². The fourth-order valence-corrected chi connectivity index (χ4v) is 1.78. The van der Waals surface area contributed by atoms with Gasteiger partial charge in [-0.25, -0.2) is 0 Å². The summed E-state index contributed by atoms with van der Waals surface area (Å²) in [4.78, 5) is 0. The molecule has 2 unspecified atom stereocenters. The third-order valence-corrected chi connectivity index (χ3v) is 3.07. The van der Waals surface area contributed by atoms with Gasteiger partial charge in [0.25, 0.3) is 0 Å². The maximum absolute atomic E-state index is 5.75. The standard InChI is InChI=1S/C13H30N2/c1-4-6-7-8-9-10-13(11-14)15-12(3)5-2/h12-13,15H,4-11,14H2,1-3H3. The third kappa shape index (κ3) is 8.88. The molecule has 0 heterocycles. The molecule has 0 radical (unpaired) electrons. The summed E-state index contributed by atoms with van der Waals surface area (Å²) in [5.74, 6) is 0. The highest BCUT2D eigenvalue weighted by molar-refractivity contribution is 4.71. The lowest BCUT2D eigenvalue weighted by molar-refractivity contribution is 0.406. The molecule has 0 aliphatic heterocycles. The smallest absolute Gasteiger partial charge is 0.0192 e. The highest BCUT2D eigenvalue weighted by Crippen LogP contribution is 2.07. The van der Waals surface area contributed by atoms with Crippen LogP contribution in [0, 0.1) is 0 Å². The van der Waals surface area contributed by atoms with Crippen molar-refractivity contribution in [3.8, 4) is 0 Å². The zero-order valence-corrected chi connectivity index (χ0v) is 10.9. The van der Waals surface area contributed by atoms with E-state index in [2.05, 4.69) is 26.1 Å². The van der Waals surface area contributed by atoms with Crippen LogP contribution in [0.1, 0.15) is 65.7 Å². The first-order valence-corrected chi connectivity index (χ1v) is 6.70. The lowest BCUT2D eigenvalue weighted by Gasteiger charge is -2.21. The second-order valence-electron chi connectivity index (χ2n) is 4.61. The predicted octanol–water partition coefficient (Wildman–Crippen LogP) is 3.06. The van der Waals surface area contributed by atoms with E-state index in [1.165, 1.54) is 44.9 Å². The molecule has 0 aromatic carbocycles. The van der Waals surface area contributed by atoms with Crippen LogP contribution in [-0.4, -0.2) is 18.6 Å². The number of nitrogens with two attached hydrogens (primary N) is 1. The predicted molar refractivity (Wildman–Crippen MR) is 69.1 cm³/mol. The quantitative estimate of drug-likeness (QED) is 0.549. The minimum absolute atomic E-state index is 0.529. The number of unbranched alkanes of at least 4 members (excludes halogenated alkanes) is 4. The molecule has 0 bridgehead atoms. The summed E-state index contributed by atoms with van der Waals surface area (Å²) >= 11 is 0. The molecule has 3 N–H and O–H groups in total. The Morgan fingerprint density at radius 1 is 1.07 bits per heavy atom. The molecule has 0 aromatic heterocycles. The van der Waals surface area contributed by atoms with Crippen LogP contribution in [0.15, 0.2) is 0 Å². The third-order valence-electron chi connectivity index (χ3n) is 3.07. The summed E-state index contributed by atoms with van der Waals surface area (Å²) in [7, 11) is 0. The van der Waals surface area contributed by atoms with Gasteiger partial charge in [-0.1, -0.05) is 46.0 Å². The second-order valence-corrected chi connectivity index (χ2v) is 4.61. The van der Waals surface area contributed by atoms with Crippen molar-refractivity contribution in [2.45, 2.75) is 77.8 Å². The maximum Gasteiger partial charge on any atom is 0.0192 e. The topological polar surface area (TPSA) is 38.0 Å². The van der Waals surface area contributed by atoms with Gasteiger partial charge in [0.2, 0.25) is 0 Å². The van der Waals surface area contributed by atoms with Crippen LogP contribution in [0.4, 0.5) is 0 Å². The zero-order chi connectivity index (χ0) is 11.5. The minimum Gasteiger partial charge on any atom is -0.329 e. The van der Waals surface area contributed by atoms with Gasteiger partial charge >= 0.3 is 0 Å². The van der Waals surface area contributed by atoms with Crippen LogP contribution in [0.2, 0.25) is 0 Å². The lowest BCUT2D eigenvalue weighted by Crippen LogP contribution is -2.41. The first-order valence-electron chi connectivity index (χ1n) is 6.70. The number of rotatable bonds is 10. The monoisotopic (exact) mass is 214 g/mol. The number of nitrogens with one attached hydrogen (secondary N) is 1. The van der Waals surface area contributed by atoms with Crippen molar-refractivity contribution >= 4 is 0 Å². The molecule has 0 saturated heterocycles. The van der Waals surface area contributed by atoms with Gasteiger partial charge in [0, 0.05) is 18.6 Å². The van der Waals surface area contributed by atoms with Gasteiger partial charge in [-0.05, 0) is 19.8 Å². The van der Waals surface area contributed by atoms with Crippen LogP contribution >= 0.6 is 0 Å². The van der Waals surface area contributed by atoms with E-state index in [9.17, 15) is 0 Å². The molecule has 2 heteroatoms. The van der Waals surface area contributed by atoms with E-state index in [1.807, 2.05) is 0 Å². The molecule has 15 heavy (non-hydrogen) atoms. The molecular formula is C13H30N2. The Balaban J connectivity index is 3.44. The summed E-state index contributed by atoms with van der Waals surface area (Å²) in [6.07, 6.45) is 9.21. The van der Waals surface area contributed by atoms with Gasteiger partial charge < -0.3 is 11.1 Å². The van der Waals surface area contributed by atoms with Gasteiger partial charge in [0.1, 0.15) is 0 Å². The molecular weight excluding hydrogens is 184 g/mol. The summed E-state index contributed by atoms with van der Waals surface area (Å²) in [6, 6.07) is 1.13. The molecule has 0 rings (SSSR count). The van der Waals surface area contributed by atoms with Gasteiger partial charge in [0.05, 0.1) is 0 Å². The lowest BCUT2D eigenvalue weighted by atomic mass is 10.1. The van der Waals surface area contributed by atoms with Gasteiger partial charge in [-0.15, -0.1) is 0 Å². The molecule has 0 spiro atoms. The van der Waals surface area contributed by atoms with Crippen molar-refractivity contribution in [3.05, 3.63) is 0 Å². The molecule has 0 aliphatic rings. The first-order chi connectivity index (χ1) is 7.24. The number of hydrogen-bond acceptors (Lipinski definition) is 2. The van der Waals surface area contributed by atoms with E-state index in [-0.39, 0.29) is 0 Å². The molecule has 0 amide bonds. The Bertz CT molecular complexity index is 126. The molecule has 0 aliphatic carbocycles. The Hall–Kier alpha value is -0.0800. The second kappa shape index (κ2) is 10.4. The normalized spacial score (nSPS) is 15.2. The Labute approximate surface area is 96.0 Å². The maximum atomic E-state index is 5.75. The van der Waals surface area contributed by atoms with E-state index in [1.54, 1.807) is 0 Å². The SMILES string of the molecule is CCCCCCCC(CN)NC(C)CC. The molecule has 92 valence electrons. The van der Waals surface area contributed by atoms with E-state index in [0.717, 1.165) is 6.54 Å². The van der Waals surface area contributed by atoms with E-state index < -0.39 is 0 Å². The van der Waals surface area contributed by atoms with Crippen LogP contribution in [0.5, 0.6) is 0 Å². The van der Waals surface area contributed by atoms with Crippen LogP contribution in [0.25, 0.3) is 0 Å². The van der Waals surface area contributed by atoms with Gasteiger partial charge in [0.15, 0.2) is 0 Å². The fraction of sp³-hybridized carbons (Fsp3) is 1.00. The van der Waals surface area contributed by atoms with Crippen molar-refractivity contribution in [2.75, 3.05) is 6.54 Å². The molecule has 2 nitrogen and oxygen atoms in total. The average Bonchev–Trinajstić information content (AvgIpc) is 2.26. The Morgan fingerprint density at radius 2 is 1.73 bits per heavy atom. The summed E-state index contributed by atoms with van der Waals surface area (Å²) in [5.41, 5.74) is 5.75. The molecule has 0 saturated carbocycles.